The first-order valence-corrected chi connectivity index (χ1v) is 7.03. The molecule has 0 amide bonds. The number of nitrogens with one attached hydrogen (secondary N) is 1. The van der Waals surface area contributed by atoms with Crippen LogP contribution in [0.15, 0.2) is 0 Å². The SMILES string of the molecule is CCCC(C)(O)CNS(=O)(=O)CC(C)C. The highest BCUT2D eigenvalue weighted by molar-refractivity contribution is 7.89. The summed E-state index contributed by atoms with van der Waals surface area (Å²) < 4.78 is 25.4. The van der Waals surface area contributed by atoms with Gasteiger partial charge in [0.15, 0.2) is 0 Å². The lowest BCUT2D eigenvalue weighted by atomic mass is 10.0. The minimum Gasteiger partial charge on any atom is -0.389 e. The summed E-state index contributed by atoms with van der Waals surface area (Å²) in [4.78, 5) is 0. The Kier molecular flexibility index (Phi) is 5.77. The molecule has 0 aliphatic heterocycles. The van der Waals surface area contributed by atoms with Gasteiger partial charge in [0.1, 0.15) is 0 Å². The van der Waals surface area contributed by atoms with Crippen LogP contribution in [0.1, 0.15) is 40.5 Å². The Morgan fingerprint density at radius 1 is 1.40 bits per heavy atom. The summed E-state index contributed by atoms with van der Waals surface area (Å²) >= 11 is 0. The van der Waals surface area contributed by atoms with Crippen molar-refractivity contribution in [2.75, 3.05) is 12.3 Å². The molecule has 0 radical (unpaired) electrons. The molecule has 0 aromatic heterocycles. The van der Waals surface area contributed by atoms with E-state index in [0.29, 0.717) is 6.42 Å². The standard InChI is InChI=1S/C10H23NO3S/c1-5-6-10(4,12)8-11-15(13,14)7-9(2)3/h9,11-12H,5-8H2,1-4H3. The van der Waals surface area contributed by atoms with Crippen LogP contribution in [-0.2, 0) is 10.0 Å². The van der Waals surface area contributed by atoms with Crippen LogP contribution in [0, 0.1) is 5.92 Å². The van der Waals surface area contributed by atoms with Gasteiger partial charge in [-0.2, -0.15) is 0 Å². The second-order valence-corrected chi connectivity index (χ2v) is 6.59. The van der Waals surface area contributed by atoms with E-state index in [1.807, 2.05) is 20.8 Å². The zero-order valence-corrected chi connectivity index (χ0v) is 10.9. The average molecular weight is 237 g/mol. The van der Waals surface area contributed by atoms with Crippen LogP contribution < -0.4 is 4.72 Å². The van der Waals surface area contributed by atoms with Crippen LogP contribution in [0.5, 0.6) is 0 Å². The van der Waals surface area contributed by atoms with Gasteiger partial charge in [-0.15, -0.1) is 0 Å². The van der Waals surface area contributed by atoms with Crippen molar-refractivity contribution < 1.29 is 13.5 Å². The maximum absolute atomic E-state index is 11.5. The third-order valence-corrected chi connectivity index (χ3v) is 3.70. The molecule has 2 N–H and O–H groups in total. The minimum atomic E-state index is -3.24. The number of hydrogen-bond acceptors (Lipinski definition) is 3. The highest BCUT2D eigenvalue weighted by Crippen LogP contribution is 2.10. The largest absolute Gasteiger partial charge is 0.389 e. The lowest BCUT2D eigenvalue weighted by molar-refractivity contribution is 0.0554. The van der Waals surface area contributed by atoms with E-state index in [4.69, 9.17) is 0 Å². The van der Waals surface area contributed by atoms with Crippen LogP contribution in [0.4, 0.5) is 0 Å². The van der Waals surface area contributed by atoms with E-state index in [1.54, 1.807) is 6.92 Å². The molecule has 0 fully saturated rings. The van der Waals surface area contributed by atoms with E-state index in [1.165, 1.54) is 0 Å². The highest BCUT2D eigenvalue weighted by Gasteiger charge is 2.22. The summed E-state index contributed by atoms with van der Waals surface area (Å²) in [5.41, 5.74) is -0.946. The second-order valence-electron chi connectivity index (χ2n) is 4.74. The van der Waals surface area contributed by atoms with E-state index >= 15 is 0 Å². The third kappa shape index (κ3) is 7.76. The van der Waals surface area contributed by atoms with Gasteiger partial charge < -0.3 is 5.11 Å². The van der Waals surface area contributed by atoms with Gasteiger partial charge in [0.05, 0.1) is 11.4 Å². The summed E-state index contributed by atoms with van der Waals surface area (Å²) in [6.45, 7) is 7.40. The normalized spacial score (nSPS) is 16.7. The van der Waals surface area contributed by atoms with Crippen molar-refractivity contribution in [1.82, 2.24) is 4.72 Å². The van der Waals surface area contributed by atoms with E-state index < -0.39 is 15.6 Å². The van der Waals surface area contributed by atoms with Crippen LogP contribution in [0.2, 0.25) is 0 Å². The molecule has 0 heterocycles. The monoisotopic (exact) mass is 237 g/mol. The Balaban J connectivity index is 4.14. The Morgan fingerprint density at radius 3 is 2.33 bits per heavy atom. The molecular formula is C10H23NO3S. The van der Waals surface area contributed by atoms with Gasteiger partial charge in [0, 0.05) is 6.54 Å². The molecule has 92 valence electrons. The molecule has 0 saturated heterocycles. The van der Waals surface area contributed by atoms with Crippen molar-refractivity contribution in [1.29, 1.82) is 0 Å². The van der Waals surface area contributed by atoms with E-state index in [2.05, 4.69) is 4.72 Å². The maximum atomic E-state index is 11.5. The molecule has 0 rings (SSSR count). The van der Waals surface area contributed by atoms with Crippen molar-refractivity contribution in [3.8, 4) is 0 Å². The van der Waals surface area contributed by atoms with E-state index in [0.717, 1.165) is 6.42 Å². The van der Waals surface area contributed by atoms with Crippen molar-refractivity contribution in [2.24, 2.45) is 5.92 Å². The minimum absolute atomic E-state index is 0.0931. The second kappa shape index (κ2) is 5.82. The zero-order chi connectivity index (χ0) is 12.1. The maximum Gasteiger partial charge on any atom is 0.211 e. The molecule has 1 unspecified atom stereocenters. The predicted molar refractivity (Wildman–Crippen MR) is 62.2 cm³/mol. The van der Waals surface area contributed by atoms with Crippen LogP contribution in [0.25, 0.3) is 0 Å². The number of aliphatic hydroxyl groups is 1. The molecule has 15 heavy (non-hydrogen) atoms. The van der Waals surface area contributed by atoms with Gasteiger partial charge in [-0.25, -0.2) is 13.1 Å². The Hall–Kier alpha value is -0.130. The summed E-state index contributed by atoms with van der Waals surface area (Å²) in [6, 6.07) is 0. The van der Waals surface area contributed by atoms with Gasteiger partial charge in [0.2, 0.25) is 10.0 Å². The van der Waals surface area contributed by atoms with E-state index in [9.17, 15) is 13.5 Å². The van der Waals surface area contributed by atoms with Crippen molar-refractivity contribution in [3.63, 3.8) is 0 Å². The molecule has 5 heteroatoms. The highest BCUT2D eigenvalue weighted by atomic mass is 32.2. The molecule has 0 aliphatic rings. The quantitative estimate of drug-likeness (QED) is 0.697. The Bertz CT molecular complexity index is 270. The molecule has 0 saturated carbocycles. The molecule has 4 nitrogen and oxygen atoms in total. The lowest BCUT2D eigenvalue weighted by Gasteiger charge is -2.23. The van der Waals surface area contributed by atoms with E-state index in [-0.39, 0.29) is 18.2 Å². The number of hydrogen-bond donors (Lipinski definition) is 2. The fourth-order valence-electron chi connectivity index (χ4n) is 1.39. The predicted octanol–water partition coefficient (Wildman–Crippen LogP) is 1.11. The number of sulfonamides is 1. The smallest absolute Gasteiger partial charge is 0.211 e. The first-order valence-electron chi connectivity index (χ1n) is 5.38. The Morgan fingerprint density at radius 2 is 1.93 bits per heavy atom. The van der Waals surface area contributed by atoms with Gasteiger partial charge in [-0.1, -0.05) is 27.2 Å². The molecule has 0 aliphatic carbocycles. The van der Waals surface area contributed by atoms with Crippen LogP contribution >= 0.6 is 0 Å². The first kappa shape index (κ1) is 14.9. The van der Waals surface area contributed by atoms with Crippen molar-refractivity contribution >= 4 is 10.0 Å². The number of rotatable bonds is 7. The first-order chi connectivity index (χ1) is 6.68. The topological polar surface area (TPSA) is 66.4 Å². The van der Waals surface area contributed by atoms with Gasteiger partial charge in [-0.05, 0) is 19.3 Å². The summed E-state index contributed by atoms with van der Waals surface area (Å²) in [5, 5.41) is 9.78. The molecule has 0 aromatic carbocycles. The molecule has 0 aromatic rings. The molecular weight excluding hydrogens is 214 g/mol. The fraction of sp³-hybridized carbons (Fsp3) is 1.00. The summed E-state index contributed by atoms with van der Waals surface area (Å²) in [7, 11) is -3.24. The zero-order valence-electron chi connectivity index (χ0n) is 10.1. The lowest BCUT2D eigenvalue weighted by Crippen LogP contribution is -2.41. The molecule has 0 bridgehead atoms. The van der Waals surface area contributed by atoms with Gasteiger partial charge >= 0.3 is 0 Å². The molecule has 0 spiro atoms. The summed E-state index contributed by atoms with van der Waals surface area (Å²) in [5.74, 6) is 0.202. The summed E-state index contributed by atoms with van der Waals surface area (Å²) in [6.07, 6.45) is 1.43. The molecule has 1 atom stereocenters. The van der Waals surface area contributed by atoms with Crippen molar-refractivity contribution in [3.05, 3.63) is 0 Å². The third-order valence-electron chi connectivity index (χ3n) is 2.01. The van der Waals surface area contributed by atoms with Gasteiger partial charge in [0.25, 0.3) is 0 Å². The van der Waals surface area contributed by atoms with Gasteiger partial charge in [-0.3, -0.25) is 0 Å². The van der Waals surface area contributed by atoms with Crippen molar-refractivity contribution in [2.45, 2.75) is 46.1 Å². The van der Waals surface area contributed by atoms with Crippen LogP contribution in [-0.4, -0.2) is 31.4 Å². The Labute approximate surface area is 93.1 Å². The fourth-order valence-corrected chi connectivity index (χ4v) is 2.92. The van der Waals surface area contributed by atoms with Crippen LogP contribution in [0.3, 0.4) is 0 Å². The average Bonchev–Trinajstić information content (AvgIpc) is 1.99.